The first-order valence-electron chi connectivity index (χ1n) is 9.06. The highest BCUT2D eigenvalue weighted by Crippen LogP contribution is 2.21. The van der Waals surface area contributed by atoms with E-state index in [1.807, 2.05) is 57.2 Å². The van der Waals surface area contributed by atoms with Crippen LogP contribution < -0.4 is 5.32 Å². The molecule has 28 heavy (non-hydrogen) atoms. The Balaban J connectivity index is 1.88. The van der Waals surface area contributed by atoms with Gasteiger partial charge in [-0.15, -0.1) is 0 Å². The molecule has 1 N–H and O–H groups in total. The van der Waals surface area contributed by atoms with Crippen molar-refractivity contribution in [1.29, 1.82) is 0 Å². The number of nitrogens with zero attached hydrogens (tertiary/aromatic N) is 2. The molecule has 0 aliphatic rings. The van der Waals surface area contributed by atoms with Gasteiger partial charge in [-0.05, 0) is 57.2 Å². The molecular weight excluding hydrogens is 422 g/mol. The number of halogens is 1. The quantitative estimate of drug-likeness (QED) is 0.578. The third kappa shape index (κ3) is 4.59. The van der Waals surface area contributed by atoms with Crippen LogP contribution in [0, 0.1) is 0 Å². The summed E-state index contributed by atoms with van der Waals surface area (Å²) in [5, 5.41) is 2.96. The minimum Gasteiger partial charge on any atom is -0.462 e. The maximum Gasteiger partial charge on any atom is 0.326 e. The van der Waals surface area contributed by atoms with Gasteiger partial charge in [0.15, 0.2) is 0 Å². The second-order valence-corrected chi connectivity index (χ2v) is 7.70. The van der Waals surface area contributed by atoms with Crippen LogP contribution in [-0.4, -0.2) is 27.5 Å². The number of esters is 1. The lowest BCUT2D eigenvalue weighted by Gasteiger charge is -2.17. The lowest BCUT2D eigenvalue weighted by atomic mass is 10.2. The van der Waals surface area contributed by atoms with Gasteiger partial charge >= 0.3 is 5.97 Å². The molecule has 0 fully saturated rings. The fourth-order valence-electron chi connectivity index (χ4n) is 2.97. The van der Waals surface area contributed by atoms with Crippen LogP contribution in [0.15, 0.2) is 53.0 Å². The monoisotopic (exact) mass is 443 g/mol. The lowest BCUT2D eigenvalue weighted by Crippen LogP contribution is -2.29. The Kier molecular flexibility index (Phi) is 6.14. The van der Waals surface area contributed by atoms with Gasteiger partial charge in [-0.2, -0.15) is 0 Å². The van der Waals surface area contributed by atoms with Crippen LogP contribution in [-0.2, 0) is 16.1 Å². The van der Waals surface area contributed by atoms with Gasteiger partial charge < -0.3 is 14.6 Å². The minimum atomic E-state index is -0.393. The molecule has 0 spiro atoms. The van der Waals surface area contributed by atoms with E-state index in [0.29, 0.717) is 11.4 Å². The second-order valence-electron chi connectivity index (χ2n) is 6.79. The smallest absolute Gasteiger partial charge is 0.326 e. The Morgan fingerprint density at radius 2 is 1.79 bits per heavy atom. The molecule has 0 saturated carbocycles. The Bertz CT molecular complexity index is 996. The van der Waals surface area contributed by atoms with Crippen molar-refractivity contribution >= 4 is 38.8 Å². The van der Waals surface area contributed by atoms with Crippen molar-refractivity contribution in [2.24, 2.45) is 0 Å². The molecule has 0 bridgehead atoms. The number of imidazole rings is 1. The molecule has 6 nitrogen and oxygen atoms in total. The second kappa shape index (κ2) is 8.56. The molecule has 0 radical (unpaired) electrons. The van der Waals surface area contributed by atoms with Gasteiger partial charge in [0.2, 0.25) is 0 Å². The molecule has 1 atom stereocenters. The Morgan fingerprint density at radius 1 is 1.11 bits per heavy atom. The van der Waals surface area contributed by atoms with Crippen LogP contribution in [0.3, 0.4) is 0 Å². The molecule has 0 aliphatic carbocycles. The van der Waals surface area contributed by atoms with Gasteiger partial charge in [0.25, 0.3) is 5.91 Å². The highest BCUT2D eigenvalue weighted by atomic mass is 79.9. The number of carbonyl (C=O) groups excluding carboxylic acids is 2. The van der Waals surface area contributed by atoms with Crippen molar-refractivity contribution in [3.8, 4) is 0 Å². The largest absolute Gasteiger partial charge is 0.462 e. The summed E-state index contributed by atoms with van der Waals surface area (Å²) in [6.07, 6.45) is -0.194. The van der Waals surface area contributed by atoms with E-state index in [0.717, 1.165) is 15.5 Å². The average molecular weight is 444 g/mol. The van der Waals surface area contributed by atoms with Crippen LogP contribution in [0.2, 0.25) is 0 Å². The predicted octanol–water partition coefficient (Wildman–Crippen LogP) is 4.24. The molecule has 1 unspecified atom stereocenters. The van der Waals surface area contributed by atoms with Crippen molar-refractivity contribution in [3.05, 3.63) is 64.4 Å². The highest BCUT2D eigenvalue weighted by molar-refractivity contribution is 9.10. The number of carbonyl (C=O) groups is 2. The summed E-state index contributed by atoms with van der Waals surface area (Å²) in [5.74, 6) is 0.0570. The molecular formula is C21H22BrN3O3. The molecule has 1 aromatic heterocycles. The molecule has 0 saturated heterocycles. The van der Waals surface area contributed by atoms with Crippen LogP contribution in [0.1, 0.15) is 43.0 Å². The summed E-state index contributed by atoms with van der Waals surface area (Å²) in [5.41, 5.74) is 2.14. The normalized spacial score (nSPS) is 12.2. The number of hydrogen-bond donors (Lipinski definition) is 1. The first kappa shape index (κ1) is 20.1. The van der Waals surface area contributed by atoms with Crippen molar-refractivity contribution < 1.29 is 14.3 Å². The van der Waals surface area contributed by atoms with E-state index in [1.165, 1.54) is 0 Å². The average Bonchev–Trinajstić information content (AvgIpc) is 3.00. The number of nitrogens with one attached hydrogen (secondary N) is 1. The number of para-hydroxylation sites is 2. The molecule has 0 aliphatic heterocycles. The van der Waals surface area contributed by atoms with Gasteiger partial charge in [-0.1, -0.05) is 28.1 Å². The summed E-state index contributed by atoms with van der Waals surface area (Å²) in [6.45, 7) is 5.51. The number of amides is 1. The van der Waals surface area contributed by atoms with Gasteiger partial charge in [-0.25, -0.2) is 4.98 Å². The number of benzene rings is 2. The van der Waals surface area contributed by atoms with Crippen LogP contribution in [0.25, 0.3) is 11.0 Å². The third-order valence-electron chi connectivity index (χ3n) is 4.18. The summed E-state index contributed by atoms with van der Waals surface area (Å²) in [7, 11) is 0. The van der Waals surface area contributed by atoms with Gasteiger partial charge in [0.1, 0.15) is 12.4 Å². The zero-order valence-corrected chi connectivity index (χ0v) is 17.6. The Morgan fingerprint density at radius 3 is 2.46 bits per heavy atom. The van der Waals surface area contributed by atoms with E-state index in [-0.39, 0.29) is 24.5 Å². The van der Waals surface area contributed by atoms with Gasteiger partial charge in [0, 0.05) is 10.0 Å². The van der Waals surface area contributed by atoms with E-state index in [4.69, 9.17) is 4.74 Å². The molecule has 3 rings (SSSR count). The maximum atomic E-state index is 12.6. The maximum absolute atomic E-state index is 12.6. The van der Waals surface area contributed by atoms with Gasteiger partial charge in [-0.3, -0.25) is 9.59 Å². The predicted molar refractivity (Wildman–Crippen MR) is 111 cm³/mol. The van der Waals surface area contributed by atoms with E-state index >= 15 is 0 Å². The molecule has 3 aromatic rings. The first-order chi connectivity index (χ1) is 13.3. The van der Waals surface area contributed by atoms with Crippen molar-refractivity contribution in [2.45, 2.75) is 39.5 Å². The highest BCUT2D eigenvalue weighted by Gasteiger charge is 2.21. The fourth-order valence-corrected chi connectivity index (χ4v) is 3.23. The summed E-state index contributed by atoms with van der Waals surface area (Å²) >= 11 is 3.36. The first-order valence-corrected chi connectivity index (χ1v) is 9.85. The Hall–Kier alpha value is -2.67. The number of ether oxygens (including phenoxy) is 1. The summed E-state index contributed by atoms with van der Waals surface area (Å²) in [4.78, 5) is 29.5. The SMILES string of the molecule is CC(C)OC(=O)Cn1c(C(C)NC(=O)c2ccc(Br)cc2)nc2ccccc21. The van der Waals surface area contributed by atoms with Crippen molar-refractivity contribution in [2.75, 3.05) is 0 Å². The minimum absolute atomic E-state index is 0.0342. The van der Waals surface area contributed by atoms with E-state index in [9.17, 15) is 9.59 Å². The van der Waals surface area contributed by atoms with Crippen molar-refractivity contribution in [3.63, 3.8) is 0 Å². The summed E-state index contributed by atoms with van der Waals surface area (Å²) in [6, 6.07) is 14.3. The standard InChI is InChI=1S/C21H22BrN3O3/c1-13(2)28-19(26)12-25-18-7-5-4-6-17(18)24-20(25)14(3)23-21(27)15-8-10-16(22)11-9-15/h4-11,13-14H,12H2,1-3H3,(H,23,27). The van der Waals surface area contributed by atoms with E-state index in [2.05, 4.69) is 26.2 Å². The topological polar surface area (TPSA) is 73.2 Å². The lowest BCUT2D eigenvalue weighted by molar-refractivity contribution is -0.148. The molecule has 146 valence electrons. The number of aromatic nitrogens is 2. The number of rotatable bonds is 6. The van der Waals surface area contributed by atoms with E-state index < -0.39 is 6.04 Å². The zero-order chi connectivity index (χ0) is 20.3. The summed E-state index contributed by atoms with van der Waals surface area (Å²) < 4.78 is 7.99. The third-order valence-corrected chi connectivity index (χ3v) is 4.71. The molecule has 1 amide bonds. The number of fused-ring (bicyclic) bond motifs is 1. The van der Waals surface area contributed by atoms with E-state index in [1.54, 1.807) is 16.7 Å². The zero-order valence-electron chi connectivity index (χ0n) is 16.0. The van der Waals surface area contributed by atoms with Gasteiger partial charge in [0.05, 0.1) is 23.2 Å². The van der Waals surface area contributed by atoms with Crippen LogP contribution in [0.4, 0.5) is 0 Å². The fraction of sp³-hybridized carbons (Fsp3) is 0.286. The molecule has 1 heterocycles. The van der Waals surface area contributed by atoms with Crippen LogP contribution in [0.5, 0.6) is 0 Å². The van der Waals surface area contributed by atoms with Crippen molar-refractivity contribution in [1.82, 2.24) is 14.9 Å². The Labute approximate surface area is 172 Å². The molecule has 7 heteroatoms. The van der Waals surface area contributed by atoms with Crippen LogP contribution >= 0.6 is 15.9 Å². The number of hydrogen-bond acceptors (Lipinski definition) is 4. The molecule has 2 aromatic carbocycles.